The molecule has 0 saturated heterocycles. The normalized spacial score (nSPS) is 15.0. The summed E-state index contributed by atoms with van der Waals surface area (Å²) in [5.74, 6) is 0.291. The van der Waals surface area contributed by atoms with E-state index in [0.29, 0.717) is 27.1 Å². The summed E-state index contributed by atoms with van der Waals surface area (Å²) in [4.78, 5) is 14.2. The Morgan fingerprint density at radius 2 is 1.47 bits per heavy atom. The average Bonchev–Trinajstić information content (AvgIpc) is 3.28. The van der Waals surface area contributed by atoms with E-state index in [-0.39, 0.29) is 0 Å². The summed E-state index contributed by atoms with van der Waals surface area (Å²) >= 11 is 17.2. The standard InChI is InChI=1S/C30H24BrCl2N3O2/c1-18-4-14-24(15-5-18)35-28(20-6-8-22(9-7-20)30(37)38-3)34-36(27-25(32)16-19(2)17-26(27)33)29(35)21-10-12-23(31)13-11-21/h4-17,29H,1-3H3. The maximum atomic E-state index is 12.1. The number of nitrogens with zero attached hydrogens (tertiary/aromatic N) is 3. The van der Waals surface area contributed by atoms with Crippen LogP contribution < -0.4 is 9.91 Å². The van der Waals surface area contributed by atoms with E-state index in [4.69, 9.17) is 33.0 Å². The third-order valence-electron chi connectivity index (χ3n) is 6.34. The van der Waals surface area contributed by atoms with Crippen LogP contribution in [0.2, 0.25) is 10.0 Å². The minimum absolute atomic E-state index is 0.390. The van der Waals surface area contributed by atoms with Gasteiger partial charge in [-0.3, -0.25) is 4.90 Å². The number of anilines is 2. The molecule has 8 heteroatoms. The predicted molar refractivity (Wildman–Crippen MR) is 159 cm³/mol. The van der Waals surface area contributed by atoms with Gasteiger partial charge in [-0.1, -0.05) is 81.1 Å². The zero-order valence-corrected chi connectivity index (χ0v) is 24.1. The van der Waals surface area contributed by atoms with Gasteiger partial charge in [0.15, 0.2) is 12.0 Å². The molecule has 5 nitrogen and oxygen atoms in total. The Morgan fingerprint density at radius 1 is 0.868 bits per heavy atom. The summed E-state index contributed by atoms with van der Waals surface area (Å²) in [7, 11) is 1.37. The Morgan fingerprint density at radius 3 is 2.05 bits per heavy atom. The molecule has 4 aromatic carbocycles. The molecule has 0 fully saturated rings. The highest BCUT2D eigenvalue weighted by molar-refractivity contribution is 9.10. The Hall–Kier alpha value is -3.32. The highest BCUT2D eigenvalue weighted by Crippen LogP contribution is 2.45. The fourth-order valence-corrected chi connectivity index (χ4v) is 5.51. The SMILES string of the molecule is COC(=O)c1ccc(C2=NN(c3c(Cl)cc(C)cc3Cl)C(c3ccc(Br)cc3)N2c2ccc(C)cc2)cc1. The van der Waals surface area contributed by atoms with Gasteiger partial charge in [0.05, 0.1) is 28.4 Å². The van der Waals surface area contributed by atoms with Crippen molar-refractivity contribution in [3.63, 3.8) is 0 Å². The Balaban J connectivity index is 1.74. The number of esters is 1. The van der Waals surface area contributed by atoms with Crippen molar-refractivity contribution in [1.29, 1.82) is 0 Å². The van der Waals surface area contributed by atoms with E-state index in [0.717, 1.165) is 32.4 Å². The van der Waals surface area contributed by atoms with Crippen molar-refractivity contribution >= 4 is 62.3 Å². The molecule has 0 N–H and O–H groups in total. The topological polar surface area (TPSA) is 45.1 Å². The van der Waals surface area contributed by atoms with Gasteiger partial charge in [0.1, 0.15) is 0 Å². The molecule has 0 aliphatic carbocycles. The number of benzene rings is 4. The fourth-order valence-electron chi connectivity index (χ4n) is 4.48. The van der Waals surface area contributed by atoms with E-state index < -0.39 is 12.1 Å². The molecule has 1 unspecified atom stereocenters. The van der Waals surface area contributed by atoms with E-state index in [1.807, 2.05) is 48.3 Å². The second-order valence-corrected chi connectivity index (χ2v) is 10.8. The maximum Gasteiger partial charge on any atom is 0.337 e. The number of methoxy groups -OCH3 is 1. The van der Waals surface area contributed by atoms with Crippen LogP contribution in [-0.4, -0.2) is 18.9 Å². The molecular formula is C30H24BrCl2N3O2. The number of carbonyl (C=O) groups is 1. The highest BCUT2D eigenvalue weighted by Gasteiger charge is 2.39. The van der Waals surface area contributed by atoms with Gasteiger partial charge in [0.2, 0.25) is 0 Å². The molecule has 0 radical (unpaired) electrons. The molecule has 0 bridgehead atoms. The zero-order valence-electron chi connectivity index (χ0n) is 21.0. The van der Waals surface area contributed by atoms with Gasteiger partial charge in [0.25, 0.3) is 0 Å². The summed E-state index contributed by atoms with van der Waals surface area (Å²) in [5.41, 5.74) is 5.94. The van der Waals surface area contributed by atoms with Gasteiger partial charge in [0, 0.05) is 15.7 Å². The molecule has 4 aromatic rings. The van der Waals surface area contributed by atoms with Crippen LogP contribution in [-0.2, 0) is 4.74 Å². The zero-order chi connectivity index (χ0) is 27.0. The maximum absolute atomic E-state index is 12.1. The van der Waals surface area contributed by atoms with E-state index in [1.165, 1.54) is 7.11 Å². The number of halogens is 3. The number of hydrogen-bond donors (Lipinski definition) is 0. The van der Waals surface area contributed by atoms with Crippen molar-refractivity contribution in [1.82, 2.24) is 0 Å². The molecule has 1 aliphatic heterocycles. The van der Waals surface area contributed by atoms with Crippen LogP contribution in [0, 0.1) is 13.8 Å². The molecule has 192 valence electrons. The molecule has 1 heterocycles. The highest BCUT2D eigenvalue weighted by atomic mass is 79.9. The predicted octanol–water partition coefficient (Wildman–Crippen LogP) is 8.55. The van der Waals surface area contributed by atoms with E-state index in [1.54, 1.807) is 12.1 Å². The van der Waals surface area contributed by atoms with Crippen LogP contribution in [0.25, 0.3) is 0 Å². The van der Waals surface area contributed by atoms with Gasteiger partial charge in [-0.15, -0.1) is 0 Å². The van der Waals surface area contributed by atoms with Crippen molar-refractivity contribution in [2.24, 2.45) is 5.10 Å². The van der Waals surface area contributed by atoms with E-state index in [9.17, 15) is 4.79 Å². The van der Waals surface area contributed by atoms with Crippen LogP contribution in [0.3, 0.4) is 0 Å². The minimum atomic E-state index is -0.395. The van der Waals surface area contributed by atoms with Gasteiger partial charge in [-0.05, 0) is 73.5 Å². The summed E-state index contributed by atoms with van der Waals surface area (Å²) in [5, 5.41) is 8.00. The number of hydrogen-bond acceptors (Lipinski definition) is 5. The largest absolute Gasteiger partial charge is 0.465 e. The Labute approximate surface area is 240 Å². The lowest BCUT2D eigenvalue weighted by Gasteiger charge is -2.33. The number of hydrazone groups is 1. The van der Waals surface area contributed by atoms with Crippen molar-refractivity contribution in [3.05, 3.63) is 127 Å². The Bertz CT molecular complexity index is 1500. The Kier molecular flexibility index (Phi) is 7.48. The van der Waals surface area contributed by atoms with Crippen molar-refractivity contribution in [2.45, 2.75) is 20.0 Å². The second-order valence-electron chi connectivity index (χ2n) is 9.05. The van der Waals surface area contributed by atoms with Crippen LogP contribution in [0.15, 0.2) is 94.5 Å². The third kappa shape index (κ3) is 5.04. The number of carbonyl (C=O) groups excluding carboxylic acids is 1. The number of aryl methyl sites for hydroxylation is 2. The van der Waals surface area contributed by atoms with Crippen molar-refractivity contribution in [3.8, 4) is 0 Å². The van der Waals surface area contributed by atoms with Crippen LogP contribution in [0.4, 0.5) is 11.4 Å². The van der Waals surface area contributed by atoms with Crippen LogP contribution in [0.1, 0.15) is 38.8 Å². The smallest absolute Gasteiger partial charge is 0.337 e. The quantitative estimate of drug-likeness (QED) is 0.213. The van der Waals surface area contributed by atoms with Gasteiger partial charge < -0.3 is 4.74 Å². The molecule has 0 saturated carbocycles. The van der Waals surface area contributed by atoms with Crippen LogP contribution >= 0.6 is 39.1 Å². The van der Waals surface area contributed by atoms with Gasteiger partial charge in [-0.25, -0.2) is 9.80 Å². The van der Waals surface area contributed by atoms with Crippen molar-refractivity contribution < 1.29 is 9.53 Å². The monoisotopic (exact) mass is 607 g/mol. The summed E-state index contributed by atoms with van der Waals surface area (Å²) in [6, 6.07) is 27.4. The molecule has 1 atom stereocenters. The lowest BCUT2D eigenvalue weighted by molar-refractivity contribution is 0.0600. The van der Waals surface area contributed by atoms with Gasteiger partial charge in [-0.2, -0.15) is 5.10 Å². The lowest BCUT2D eigenvalue weighted by Crippen LogP contribution is -2.36. The minimum Gasteiger partial charge on any atom is -0.465 e. The van der Waals surface area contributed by atoms with E-state index >= 15 is 0 Å². The number of rotatable bonds is 5. The number of ether oxygens (including phenoxy) is 1. The van der Waals surface area contributed by atoms with E-state index in [2.05, 4.69) is 64.2 Å². The first-order valence-corrected chi connectivity index (χ1v) is 13.5. The molecular weight excluding hydrogens is 585 g/mol. The summed E-state index contributed by atoms with van der Waals surface area (Å²) in [6.07, 6.45) is -0.390. The fraction of sp³-hybridized carbons (Fsp3) is 0.133. The van der Waals surface area contributed by atoms with Gasteiger partial charge >= 0.3 is 5.97 Å². The first-order chi connectivity index (χ1) is 18.3. The molecule has 0 aromatic heterocycles. The lowest BCUT2D eigenvalue weighted by atomic mass is 10.1. The molecule has 0 amide bonds. The molecule has 38 heavy (non-hydrogen) atoms. The molecule has 0 spiro atoms. The second kappa shape index (κ2) is 10.8. The summed E-state index contributed by atoms with van der Waals surface area (Å²) < 4.78 is 5.85. The average molecular weight is 609 g/mol. The first kappa shape index (κ1) is 26.3. The summed E-state index contributed by atoms with van der Waals surface area (Å²) in [6.45, 7) is 4.01. The molecule has 1 aliphatic rings. The third-order valence-corrected chi connectivity index (χ3v) is 7.45. The number of amidine groups is 1. The molecule has 5 rings (SSSR count). The van der Waals surface area contributed by atoms with Crippen molar-refractivity contribution in [2.75, 3.05) is 17.0 Å². The first-order valence-electron chi connectivity index (χ1n) is 11.9. The van der Waals surface area contributed by atoms with Crippen LogP contribution in [0.5, 0.6) is 0 Å².